The number of hydrogen-bond acceptors (Lipinski definition) is 2. The average molecular weight is 460 g/mol. The van der Waals surface area contributed by atoms with Crippen molar-refractivity contribution in [2.45, 2.75) is 76.8 Å². The predicted octanol–water partition coefficient (Wildman–Crippen LogP) is 6.86. The molecule has 2 heterocycles. The van der Waals surface area contributed by atoms with E-state index in [0.29, 0.717) is 0 Å². The van der Waals surface area contributed by atoms with Gasteiger partial charge in [0.1, 0.15) is 0 Å². The summed E-state index contributed by atoms with van der Waals surface area (Å²) in [5.41, 5.74) is 3.60. The number of amides is 2. The molecule has 182 valence electrons. The van der Waals surface area contributed by atoms with Crippen molar-refractivity contribution in [3.8, 4) is 0 Å². The SMILES string of the molecule is CCCCN1C(=O)N(C2CCN(CC3CCCCC3)CC2)C(c2ccccc2)c2ccccc21. The number of carbonyl (C=O) groups is 1. The Morgan fingerprint density at radius 3 is 2.29 bits per heavy atom. The van der Waals surface area contributed by atoms with E-state index < -0.39 is 0 Å². The van der Waals surface area contributed by atoms with Gasteiger partial charge in [0.25, 0.3) is 0 Å². The quantitative estimate of drug-likeness (QED) is 0.452. The zero-order valence-electron chi connectivity index (χ0n) is 20.9. The van der Waals surface area contributed by atoms with Crippen LogP contribution in [-0.4, -0.2) is 48.1 Å². The van der Waals surface area contributed by atoms with Gasteiger partial charge in [-0.3, -0.25) is 4.90 Å². The predicted molar refractivity (Wildman–Crippen MR) is 140 cm³/mol. The van der Waals surface area contributed by atoms with Crippen LogP contribution in [0.3, 0.4) is 0 Å². The minimum Gasteiger partial charge on any atom is -0.310 e. The molecular weight excluding hydrogens is 418 g/mol. The van der Waals surface area contributed by atoms with Crippen LogP contribution >= 0.6 is 0 Å². The molecule has 34 heavy (non-hydrogen) atoms. The summed E-state index contributed by atoms with van der Waals surface area (Å²) in [5, 5.41) is 0. The van der Waals surface area contributed by atoms with Gasteiger partial charge < -0.3 is 9.80 Å². The molecule has 0 N–H and O–H groups in total. The summed E-state index contributed by atoms with van der Waals surface area (Å²) < 4.78 is 0. The zero-order chi connectivity index (χ0) is 23.3. The number of likely N-dealkylation sites (tertiary alicyclic amines) is 1. The van der Waals surface area contributed by atoms with E-state index in [0.717, 1.165) is 56.9 Å². The summed E-state index contributed by atoms with van der Waals surface area (Å²) in [6.07, 6.45) is 11.3. The van der Waals surface area contributed by atoms with Crippen LogP contribution < -0.4 is 4.90 Å². The third kappa shape index (κ3) is 4.88. The lowest BCUT2D eigenvalue weighted by Crippen LogP contribution is -2.56. The summed E-state index contributed by atoms with van der Waals surface area (Å²) in [6.45, 7) is 6.48. The number of urea groups is 1. The Kier molecular flexibility index (Phi) is 7.54. The van der Waals surface area contributed by atoms with Crippen molar-refractivity contribution in [2.24, 2.45) is 5.92 Å². The highest BCUT2D eigenvalue weighted by molar-refractivity contribution is 5.96. The second kappa shape index (κ2) is 10.9. The van der Waals surface area contributed by atoms with Crippen molar-refractivity contribution in [3.05, 3.63) is 65.7 Å². The average Bonchev–Trinajstić information content (AvgIpc) is 2.89. The van der Waals surface area contributed by atoms with E-state index in [2.05, 4.69) is 76.2 Å². The zero-order valence-corrected chi connectivity index (χ0v) is 20.9. The van der Waals surface area contributed by atoms with Crippen molar-refractivity contribution >= 4 is 11.7 Å². The molecule has 1 saturated heterocycles. The van der Waals surface area contributed by atoms with Crippen LogP contribution in [0.5, 0.6) is 0 Å². The molecular formula is C30H41N3O. The van der Waals surface area contributed by atoms with Crippen LogP contribution in [0.25, 0.3) is 0 Å². The minimum atomic E-state index is -0.00216. The Labute approximate surface area is 205 Å². The summed E-state index contributed by atoms with van der Waals surface area (Å²) in [6, 6.07) is 19.8. The van der Waals surface area contributed by atoms with Gasteiger partial charge >= 0.3 is 6.03 Å². The number of unbranched alkanes of at least 4 members (excludes halogenated alkanes) is 1. The highest BCUT2D eigenvalue weighted by Gasteiger charge is 2.42. The van der Waals surface area contributed by atoms with E-state index in [9.17, 15) is 4.79 Å². The summed E-state index contributed by atoms with van der Waals surface area (Å²) >= 11 is 0. The molecule has 0 spiro atoms. The first-order chi connectivity index (χ1) is 16.8. The molecule has 2 aromatic carbocycles. The molecule has 0 aromatic heterocycles. The van der Waals surface area contributed by atoms with E-state index in [1.807, 2.05) is 0 Å². The molecule has 5 rings (SSSR count). The Hall–Kier alpha value is -2.33. The van der Waals surface area contributed by atoms with Crippen LogP contribution in [0.4, 0.5) is 10.5 Å². The normalized spacial score (nSPS) is 22.7. The molecule has 1 atom stereocenters. The Morgan fingerprint density at radius 2 is 1.56 bits per heavy atom. The molecule has 1 saturated carbocycles. The fourth-order valence-electron chi connectivity index (χ4n) is 6.46. The van der Waals surface area contributed by atoms with E-state index in [1.165, 1.54) is 49.8 Å². The fourth-order valence-corrected chi connectivity index (χ4v) is 6.46. The first kappa shape index (κ1) is 23.4. The Morgan fingerprint density at radius 1 is 0.853 bits per heavy atom. The number of fused-ring (bicyclic) bond motifs is 1. The maximum absolute atomic E-state index is 14.1. The minimum absolute atomic E-state index is 0.00216. The number of nitrogens with zero attached hydrogens (tertiary/aromatic N) is 3. The first-order valence-corrected chi connectivity index (χ1v) is 13.7. The van der Waals surface area contributed by atoms with Crippen LogP contribution in [0.15, 0.2) is 54.6 Å². The molecule has 1 unspecified atom stereocenters. The van der Waals surface area contributed by atoms with E-state index in [1.54, 1.807) is 0 Å². The highest BCUT2D eigenvalue weighted by Crippen LogP contribution is 2.43. The molecule has 4 heteroatoms. The summed E-state index contributed by atoms with van der Waals surface area (Å²) in [5.74, 6) is 0.885. The Balaban J connectivity index is 1.40. The van der Waals surface area contributed by atoms with Crippen molar-refractivity contribution in [1.82, 2.24) is 9.80 Å². The topological polar surface area (TPSA) is 26.8 Å². The molecule has 4 nitrogen and oxygen atoms in total. The third-order valence-electron chi connectivity index (χ3n) is 8.29. The number of hydrogen-bond donors (Lipinski definition) is 0. The second-order valence-corrected chi connectivity index (χ2v) is 10.6. The maximum atomic E-state index is 14.1. The second-order valence-electron chi connectivity index (χ2n) is 10.6. The molecule has 3 aliphatic rings. The van der Waals surface area contributed by atoms with Crippen LogP contribution in [-0.2, 0) is 0 Å². The lowest BCUT2D eigenvalue weighted by molar-refractivity contribution is 0.0926. The molecule has 0 bridgehead atoms. The van der Waals surface area contributed by atoms with E-state index in [4.69, 9.17) is 0 Å². The number of para-hydroxylation sites is 1. The van der Waals surface area contributed by atoms with Gasteiger partial charge in [0.15, 0.2) is 0 Å². The van der Waals surface area contributed by atoms with Gasteiger partial charge in [0.05, 0.1) is 11.7 Å². The van der Waals surface area contributed by atoms with Crippen LogP contribution in [0.2, 0.25) is 0 Å². The van der Waals surface area contributed by atoms with Crippen molar-refractivity contribution < 1.29 is 4.79 Å². The van der Waals surface area contributed by atoms with E-state index >= 15 is 0 Å². The number of carbonyl (C=O) groups excluding carboxylic acids is 1. The van der Waals surface area contributed by atoms with Crippen molar-refractivity contribution in [2.75, 3.05) is 31.1 Å². The summed E-state index contributed by atoms with van der Waals surface area (Å²) in [7, 11) is 0. The number of anilines is 1. The Bertz CT molecular complexity index is 931. The van der Waals surface area contributed by atoms with Crippen LogP contribution in [0.1, 0.15) is 81.9 Å². The molecule has 2 amide bonds. The first-order valence-electron chi connectivity index (χ1n) is 13.7. The lowest BCUT2D eigenvalue weighted by Gasteiger charge is -2.48. The molecule has 1 aliphatic carbocycles. The smallest absolute Gasteiger partial charge is 0.310 e. The number of rotatable bonds is 7. The molecule has 0 radical (unpaired) electrons. The van der Waals surface area contributed by atoms with Gasteiger partial charge in [-0.25, -0.2) is 4.79 Å². The number of piperidine rings is 1. The molecule has 2 aromatic rings. The van der Waals surface area contributed by atoms with Gasteiger partial charge in [-0.05, 0) is 49.7 Å². The fraction of sp³-hybridized carbons (Fsp3) is 0.567. The van der Waals surface area contributed by atoms with Crippen molar-refractivity contribution in [1.29, 1.82) is 0 Å². The summed E-state index contributed by atoms with van der Waals surface area (Å²) in [4.78, 5) is 21.1. The monoisotopic (exact) mass is 459 g/mol. The van der Waals surface area contributed by atoms with Gasteiger partial charge in [0.2, 0.25) is 0 Å². The largest absolute Gasteiger partial charge is 0.325 e. The lowest BCUT2D eigenvalue weighted by atomic mass is 9.87. The van der Waals surface area contributed by atoms with Gasteiger partial charge in [0, 0.05) is 37.8 Å². The van der Waals surface area contributed by atoms with Gasteiger partial charge in [-0.15, -0.1) is 0 Å². The standard InChI is InChI=1S/C30H41N3O/c1-2-3-20-32-28-17-11-10-16-27(28)29(25-14-8-5-9-15-25)33(30(32)34)26-18-21-31(22-19-26)23-24-12-6-4-7-13-24/h5,8-11,14-17,24,26,29H,2-4,6-7,12-13,18-23H2,1H3. The van der Waals surface area contributed by atoms with Gasteiger partial charge in [-0.2, -0.15) is 0 Å². The number of benzene rings is 2. The molecule has 2 aliphatic heterocycles. The van der Waals surface area contributed by atoms with Crippen molar-refractivity contribution in [3.63, 3.8) is 0 Å². The van der Waals surface area contributed by atoms with Crippen LogP contribution in [0, 0.1) is 5.92 Å². The molecule has 2 fully saturated rings. The third-order valence-corrected chi connectivity index (χ3v) is 8.29. The highest BCUT2D eigenvalue weighted by atomic mass is 16.2. The van der Waals surface area contributed by atoms with E-state index in [-0.39, 0.29) is 18.1 Å². The maximum Gasteiger partial charge on any atom is 0.325 e. The van der Waals surface area contributed by atoms with Gasteiger partial charge in [-0.1, -0.05) is 81.1 Å².